The molecule has 0 bridgehead atoms. The summed E-state index contributed by atoms with van der Waals surface area (Å²) in [5, 5.41) is 20.2. The number of fused-ring (bicyclic) bond motifs is 1. The quantitative estimate of drug-likeness (QED) is 0.594. The van der Waals surface area contributed by atoms with Crippen LogP contribution >= 0.6 is 0 Å². The fraction of sp³-hybridized carbons (Fsp3) is 0.650. The Morgan fingerprint density at radius 2 is 2.14 bits per heavy atom. The van der Waals surface area contributed by atoms with Crippen LogP contribution < -0.4 is 10.5 Å². The number of aromatic amines is 1. The molecule has 0 saturated carbocycles. The molecule has 1 unspecified atom stereocenters. The van der Waals surface area contributed by atoms with Gasteiger partial charge in [-0.05, 0) is 58.2 Å². The van der Waals surface area contributed by atoms with Crippen molar-refractivity contribution >= 4 is 16.9 Å². The van der Waals surface area contributed by atoms with E-state index in [-0.39, 0.29) is 17.9 Å². The topological polar surface area (TPSA) is 124 Å². The van der Waals surface area contributed by atoms with Gasteiger partial charge in [-0.15, -0.1) is 0 Å². The van der Waals surface area contributed by atoms with Crippen molar-refractivity contribution in [1.29, 1.82) is 5.26 Å². The van der Waals surface area contributed by atoms with Crippen LogP contribution in [0.25, 0.3) is 11.0 Å². The molecule has 1 atom stereocenters. The lowest BCUT2D eigenvalue weighted by atomic mass is 9.88. The largest absolute Gasteiger partial charge is 0.463 e. The summed E-state index contributed by atoms with van der Waals surface area (Å²) in [5.41, 5.74) is 8.44. The number of nitrogens with two attached hydrogens (primary N) is 1. The molecule has 0 aromatic carbocycles. The Labute approximate surface area is 165 Å². The molecule has 3 rings (SSSR count). The zero-order chi connectivity index (χ0) is 20.1. The fourth-order valence-electron chi connectivity index (χ4n) is 3.77. The number of anilines is 1. The average molecular weight is 387 g/mol. The molecule has 8 nitrogen and oxygen atoms in total. The van der Waals surface area contributed by atoms with E-state index >= 15 is 0 Å². The second kappa shape index (κ2) is 9.22. The van der Waals surface area contributed by atoms with Crippen molar-refractivity contribution in [2.24, 2.45) is 5.92 Å². The van der Waals surface area contributed by atoms with Crippen molar-refractivity contribution in [2.45, 2.75) is 51.6 Å². The lowest BCUT2D eigenvalue weighted by Crippen LogP contribution is -2.35. The molecule has 4 N–H and O–H groups in total. The van der Waals surface area contributed by atoms with E-state index in [4.69, 9.17) is 10.5 Å². The van der Waals surface area contributed by atoms with E-state index in [1.165, 1.54) is 0 Å². The molecule has 1 aliphatic rings. The lowest BCUT2D eigenvalue weighted by Gasteiger charge is -2.31. The number of piperidine rings is 1. The first-order chi connectivity index (χ1) is 13.5. The lowest BCUT2D eigenvalue weighted by molar-refractivity contribution is 0.0602. The van der Waals surface area contributed by atoms with Gasteiger partial charge >= 0.3 is 6.01 Å². The maximum absolute atomic E-state index is 10.7. The molecule has 0 radical (unpaired) electrons. The van der Waals surface area contributed by atoms with Crippen LogP contribution in [0.4, 0.5) is 5.82 Å². The number of H-pyrrole nitrogens is 1. The summed E-state index contributed by atoms with van der Waals surface area (Å²) in [4.78, 5) is 14.0. The van der Waals surface area contributed by atoms with Gasteiger partial charge < -0.3 is 25.5 Å². The summed E-state index contributed by atoms with van der Waals surface area (Å²) in [6.45, 7) is 4.64. The summed E-state index contributed by atoms with van der Waals surface area (Å²) in [5.74, 6) is 0.578. The highest BCUT2D eigenvalue weighted by Gasteiger charge is 2.25. The molecule has 3 heterocycles. The number of hydrogen-bond donors (Lipinski definition) is 3. The Morgan fingerprint density at radius 1 is 1.39 bits per heavy atom. The van der Waals surface area contributed by atoms with Crippen LogP contribution in [0.15, 0.2) is 0 Å². The number of rotatable bonds is 8. The van der Waals surface area contributed by atoms with Crippen LogP contribution in [0.2, 0.25) is 0 Å². The van der Waals surface area contributed by atoms with Crippen molar-refractivity contribution in [3.8, 4) is 12.1 Å². The summed E-state index contributed by atoms with van der Waals surface area (Å²) in [6, 6.07) is 2.42. The zero-order valence-corrected chi connectivity index (χ0v) is 16.7. The van der Waals surface area contributed by atoms with E-state index < -0.39 is 0 Å². The Morgan fingerprint density at radius 3 is 2.82 bits per heavy atom. The molecule has 2 aromatic heterocycles. The van der Waals surface area contributed by atoms with Gasteiger partial charge in [-0.25, -0.2) is 0 Å². The third-order valence-electron chi connectivity index (χ3n) is 5.59. The van der Waals surface area contributed by atoms with Crippen LogP contribution in [0, 0.1) is 17.2 Å². The number of nitrogens with one attached hydrogen (secondary N) is 1. The van der Waals surface area contributed by atoms with Crippen LogP contribution in [0.1, 0.15) is 50.3 Å². The predicted octanol–water partition coefficient (Wildman–Crippen LogP) is 2.23. The molecule has 1 saturated heterocycles. The van der Waals surface area contributed by atoms with Gasteiger partial charge in [0.15, 0.2) is 5.82 Å². The van der Waals surface area contributed by atoms with Gasteiger partial charge in [-0.2, -0.15) is 15.2 Å². The van der Waals surface area contributed by atoms with E-state index in [0.29, 0.717) is 42.1 Å². The van der Waals surface area contributed by atoms with E-state index in [2.05, 4.69) is 39.9 Å². The monoisotopic (exact) mass is 386 g/mol. The maximum Gasteiger partial charge on any atom is 0.319 e. The summed E-state index contributed by atoms with van der Waals surface area (Å²) < 4.78 is 5.61. The SMILES string of the molecule is CCCCOc1nc(N)c2[nH]c(C#N)c(CCC(O)C3CCN(C)CC3)c2n1. The summed E-state index contributed by atoms with van der Waals surface area (Å²) >= 11 is 0. The van der Waals surface area contributed by atoms with E-state index in [0.717, 1.165) is 44.3 Å². The van der Waals surface area contributed by atoms with Crippen molar-refractivity contribution in [3.05, 3.63) is 11.3 Å². The first-order valence-corrected chi connectivity index (χ1v) is 10.1. The molecule has 1 aliphatic heterocycles. The molecule has 2 aromatic rings. The minimum atomic E-state index is -0.385. The minimum Gasteiger partial charge on any atom is -0.463 e. The second-order valence-electron chi connectivity index (χ2n) is 7.65. The van der Waals surface area contributed by atoms with E-state index in [1.54, 1.807) is 0 Å². The van der Waals surface area contributed by atoms with Gasteiger partial charge in [0.1, 0.15) is 22.8 Å². The maximum atomic E-state index is 10.7. The van der Waals surface area contributed by atoms with Gasteiger partial charge in [0.25, 0.3) is 0 Å². The minimum absolute atomic E-state index is 0.235. The third-order valence-corrected chi connectivity index (χ3v) is 5.59. The molecule has 0 amide bonds. The number of aromatic nitrogens is 3. The Balaban J connectivity index is 1.77. The average Bonchev–Trinajstić information content (AvgIpc) is 3.05. The smallest absolute Gasteiger partial charge is 0.319 e. The number of aliphatic hydroxyl groups is 1. The molecule has 0 aliphatic carbocycles. The summed E-state index contributed by atoms with van der Waals surface area (Å²) in [6.07, 6.45) is 4.69. The zero-order valence-electron chi connectivity index (χ0n) is 16.7. The van der Waals surface area contributed by atoms with Crippen LogP contribution in [0.5, 0.6) is 6.01 Å². The standard InChI is InChI=1S/C20H30N6O2/c1-3-4-11-28-20-24-17-14(15(12-21)23-18(17)19(22)25-20)5-6-16(27)13-7-9-26(2)10-8-13/h13,16,23,27H,3-11H2,1-2H3,(H2,22,24,25). The number of nitrogens with zero attached hydrogens (tertiary/aromatic N) is 4. The molecule has 1 fully saturated rings. The van der Waals surface area contributed by atoms with Crippen molar-refractivity contribution < 1.29 is 9.84 Å². The van der Waals surface area contributed by atoms with Gasteiger partial charge in [-0.3, -0.25) is 0 Å². The Kier molecular flexibility index (Phi) is 6.70. The molecule has 152 valence electrons. The number of nitrogen functional groups attached to an aromatic ring is 1. The molecule has 8 heteroatoms. The fourth-order valence-corrected chi connectivity index (χ4v) is 3.77. The number of unbranched alkanes of at least 4 members (excludes halogenated alkanes) is 1. The first-order valence-electron chi connectivity index (χ1n) is 10.1. The number of nitriles is 1. The highest BCUT2D eigenvalue weighted by molar-refractivity contribution is 5.89. The highest BCUT2D eigenvalue weighted by atomic mass is 16.5. The number of aliphatic hydroxyl groups excluding tert-OH is 1. The van der Waals surface area contributed by atoms with Crippen LogP contribution in [-0.2, 0) is 6.42 Å². The Hall–Kier alpha value is -2.37. The van der Waals surface area contributed by atoms with E-state index in [9.17, 15) is 10.4 Å². The highest BCUT2D eigenvalue weighted by Crippen LogP contribution is 2.29. The first kappa shape index (κ1) is 20.4. The Bertz CT molecular complexity index is 835. The van der Waals surface area contributed by atoms with E-state index in [1.807, 2.05) is 0 Å². The molecular weight excluding hydrogens is 356 g/mol. The second-order valence-corrected chi connectivity index (χ2v) is 7.65. The number of hydrogen-bond acceptors (Lipinski definition) is 7. The normalized spacial score (nSPS) is 16.9. The van der Waals surface area contributed by atoms with Gasteiger partial charge in [-0.1, -0.05) is 13.3 Å². The van der Waals surface area contributed by atoms with Crippen molar-refractivity contribution in [2.75, 3.05) is 32.5 Å². The van der Waals surface area contributed by atoms with Gasteiger partial charge in [0.05, 0.1) is 12.7 Å². The number of ether oxygens (including phenoxy) is 1. The number of likely N-dealkylation sites (tertiary alicyclic amines) is 1. The predicted molar refractivity (Wildman–Crippen MR) is 108 cm³/mol. The van der Waals surface area contributed by atoms with Crippen molar-refractivity contribution in [1.82, 2.24) is 19.9 Å². The third kappa shape index (κ3) is 4.54. The molecular formula is C20H30N6O2. The van der Waals surface area contributed by atoms with Crippen LogP contribution in [0.3, 0.4) is 0 Å². The summed E-state index contributed by atoms with van der Waals surface area (Å²) in [7, 11) is 2.11. The van der Waals surface area contributed by atoms with Gasteiger partial charge in [0.2, 0.25) is 0 Å². The number of aryl methyl sites for hydroxylation is 1. The van der Waals surface area contributed by atoms with Crippen LogP contribution in [-0.4, -0.2) is 57.8 Å². The molecule has 28 heavy (non-hydrogen) atoms. The van der Waals surface area contributed by atoms with Gasteiger partial charge in [0, 0.05) is 5.56 Å². The van der Waals surface area contributed by atoms with Crippen molar-refractivity contribution in [3.63, 3.8) is 0 Å². The molecule has 0 spiro atoms.